The predicted octanol–water partition coefficient (Wildman–Crippen LogP) is 3.29. The number of amidine groups is 1. The molecule has 1 atom stereocenters. The highest BCUT2D eigenvalue weighted by atomic mass is 32.2. The molecule has 0 bridgehead atoms. The molecule has 0 spiro atoms. The van der Waals surface area contributed by atoms with Crippen LogP contribution >= 0.6 is 11.8 Å². The summed E-state index contributed by atoms with van der Waals surface area (Å²) < 4.78 is 0. The molecule has 1 aliphatic heterocycles. The van der Waals surface area contributed by atoms with Gasteiger partial charge in [0.1, 0.15) is 0 Å². The second kappa shape index (κ2) is 8.03. The number of hydrogen-bond donors (Lipinski definition) is 1. The van der Waals surface area contributed by atoms with E-state index in [1.54, 1.807) is 0 Å². The monoisotopic (exact) mass is 228 g/mol. The first-order valence-corrected chi connectivity index (χ1v) is 7.22. The van der Waals surface area contributed by atoms with Crippen LogP contribution in [-0.4, -0.2) is 24.0 Å². The Hall–Kier alpha value is -0.180. The molecule has 0 aromatic carbocycles. The number of hydrogen-bond acceptors (Lipinski definition) is 3. The summed E-state index contributed by atoms with van der Waals surface area (Å²) in [6.07, 6.45) is 6.56. The van der Waals surface area contributed by atoms with Crippen LogP contribution in [-0.2, 0) is 0 Å². The molecule has 0 radical (unpaired) electrons. The zero-order valence-corrected chi connectivity index (χ0v) is 10.9. The van der Waals surface area contributed by atoms with Crippen LogP contribution in [0.4, 0.5) is 0 Å². The van der Waals surface area contributed by atoms with E-state index in [4.69, 9.17) is 0 Å². The van der Waals surface area contributed by atoms with Gasteiger partial charge in [0.2, 0.25) is 0 Å². The molecule has 2 nitrogen and oxygen atoms in total. The van der Waals surface area contributed by atoms with Crippen LogP contribution in [0.2, 0.25) is 0 Å². The van der Waals surface area contributed by atoms with E-state index in [-0.39, 0.29) is 0 Å². The Balaban J connectivity index is 1.94. The summed E-state index contributed by atoms with van der Waals surface area (Å²) in [5.74, 6) is 2.13. The minimum atomic E-state index is 0.895. The van der Waals surface area contributed by atoms with Crippen molar-refractivity contribution in [2.24, 2.45) is 10.9 Å². The van der Waals surface area contributed by atoms with Crippen molar-refractivity contribution in [3.8, 4) is 0 Å². The molecule has 0 unspecified atom stereocenters. The molecule has 88 valence electrons. The Bertz CT molecular complexity index is 192. The second-order valence-corrected chi connectivity index (χ2v) is 5.41. The largest absolute Gasteiger partial charge is 0.365 e. The van der Waals surface area contributed by atoms with Crippen molar-refractivity contribution in [2.45, 2.75) is 46.0 Å². The van der Waals surface area contributed by atoms with Crippen LogP contribution in [0.25, 0.3) is 0 Å². The van der Waals surface area contributed by atoms with Gasteiger partial charge >= 0.3 is 0 Å². The van der Waals surface area contributed by atoms with Gasteiger partial charge in [-0.3, -0.25) is 4.99 Å². The first-order chi connectivity index (χ1) is 7.33. The lowest BCUT2D eigenvalue weighted by Crippen LogP contribution is -2.24. The minimum Gasteiger partial charge on any atom is -0.365 e. The third kappa shape index (κ3) is 6.08. The molecule has 1 rings (SSSR count). The molecule has 15 heavy (non-hydrogen) atoms. The molecule has 0 amide bonds. The van der Waals surface area contributed by atoms with Crippen LogP contribution in [0.5, 0.6) is 0 Å². The molecule has 3 heteroatoms. The highest BCUT2D eigenvalue weighted by Gasteiger charge is 2.04. The molecule has 0 aromatic rings. The summed E-state index contributed by atoms with van der Waals surface area (Å²) in [4.78, 5) is 4.45. The molecule has 0 saturated heterocycles. The van der Waals surface area contributed by atoms with Gasteiger partial charge < -0.3 is 5.32 Å². The smallest absolute Gasteiger partial charge is 0.156 e. The van der Waals surface area contributed by atoms with Crippen molar-refractivity contribution in [2.75, 3.05) is 18.8 Å². The average molecular weight is 228 g/mol. The maximum absolute atomic E-state index is 4.45. The van der Waals surface area contributed by atoms with E-state index >= 15 is 0 Å². The van der Waals surface area contributed by atoms with Crippen molar-refractivity contribution >= 4 is 16.9 Å². The average Bonchev–Trinajstić information content (AvgIpc) is 2.29. The van der Waals surface area contributed by atoms with Crippen LogP contribution < -0.4 is 5.32 Å². The van der Waals surface area contributed by atoms with Crippen molar-refractivity contribution < 1.29 is 0 Å². The molecular formula is C12H24N2S. The topological polar surface area (TPSA) is 24.4 Å². The van der Waals surface area contributed by atoms with E-state index in [1.165, 1.54) is 43.0 Å². The fourth-order valence-electron chi connectivity index (χ4n) is 1.58. The Morgan fingerprint density at radius 3 is 3.00 bits per heavy atom. The van der Waals surface area contributed by atoms with Crippen LogP contribution in [0.1, 0.15) is 46.0 Å². The summed E-state index contributed by atoms with van der Waals surface area (Å²) in [7, 11) is 0. The zero-order valence-electron chi connectivity index (χ0n) is 10.1. The van der Waals surface area contributed by atoms with Gasteiger partial charge in [0, 0.05) is 18.8 Å². The van der Waals surface area contributed by atoms with Gasteiger partial charge in [0.25, 0.3) is 0 Å². The summed E-state index contributed by atoms with van der Waals surface area (Å²) >= 11 is 1.87. The Labute approximate surface area is 98.3 Å². The molecule has 1 heterocycles. The number of thioether (sulfide) groups is 1. The van der Waals surface area contributed by atoms with Crippen molar-refractivity contribution in [3.63, 3.8) is 0 Å². The van der Waals surface area contributed by atoms with E-state index < -0.39 is 0 Å². The molecule has 1 aliphatic rings. The third-order valence-electron chi connectivity index (χ3n) is 2.89. The SMILES string of the molecule is CC[C@H](C)CCCCNC1=NCCCS1. The summed E-state index contributed by atoms with van der Waals surface area (Å²) in [5.41, 5.74) is 0. The number of rotatable bonds is 6. The van der Waals surface area contributed by atoms with Crippen molar-refractivity contribution in [3.05, 3.63) is 0 Å². The lowest BCUT2D eigenvalue weighted by molar-refractivity contribution is 0.484. The van der Waals surface area contributed by atoms with E-state index in [2.05, 4.69) is 24.2 Å². The first-order valence-electron chi connectivity index (χ1n) is 6.24. The summed E-state index contributed by atoms with van der Waals surface area (Å²) in [6.45, 7) is 6.73. The Kier molecular flexibility index (Phi) is 6.90. The van der Waals surface area contributed by atoms with Crippen molar-refractivity contribution in [1.29, 1.82) is 0 Å². The summed E-state index contributed by atoms with van der Waals surface area (Å²) in [5, 5.41) is 4.60. The molecule has 0 saturated carbocycles. The highest BCUT2D eigenvalue weighted by Crippen LogP contribution is 2.12. The number of nitrogens with zero attached hydrogens (tertiary/aromatic N) is 1. The number of unbranched alkanes of at least 4 members (excludes halogenated alkanes) is 1. The van der Waals surface area contributed by atoms with Crippen LogP contribution in [0.15, 0.2) is 4.99 Å². The van der Waals surface area contributed by atoms with Crippen LogP contribution in [0.3, 0.4) is 0 Å². The van der Waals surface area contributed by atoms with Gasteiger partial charge in [-0.05, 0) is 18.8 Å². The number of aliphatic imine (C=N–C) groups is 1. The predicted molar refractivity (Wildman–Crippen MR) is 70.7 cm³/mol. The molecule has 0 fully saturated rings. The normalized spacial score (nSPS) is 18.4. The molecule has 0 aliphatic carbocycles. The minimum absolute atomic E-state index is 0.895. The van der Waals surface area contributed by atoms with E-state index in [0.29, 0.717) is 0 Å². The highest BCUT2D eigenvalue weighted by molar-refractivity contribution is 8.13. The van der Waals surface area contributed by atoms with E-state index in [0.717, 1.165) is 19.0 Å². The van der Waals surface area contributed by atoms with Gasteiger partial charge in [-0.15, -0.1) is 0 Å². The maximum Gasteiger partial charge on any atom is 0.156 e. The van der Waals surface area contributed by atoms with Gasteiger partial charge in [-0.25, -0.2) is 0 Å². The lowest BCUT2D eigenvalue weighted by Gasteiger charge is -2.13. The molecule has 0 aromatic heterocycles. The van der Waals surface area contributed by atoms with Crippen molar-refractivity contribution in [1.82, 2.24) is 5.32 Å². The fourth-order valence-corrected chi connectivity index (χ4v) is 2.44. The Morgan fingerprint density at radius 2 is 2.33 bits per heavy atom. The van der Waals surface area contributed by atoms with Gasteiger partial charge in [-0.1, -0.05) is 44.9 Å². The lowest BCUT2D eigenvalue weighted by atomic mass is 10.0. The second-order valence-electron chi connectivity index (χ2n) is 4.32. The standard InChI is InChI=1S/C12H24N2S/c1-3-11(2)7-4-5-8-13-12-14-9-6-10-15-12/h11H,3-10H2,1-2H3,(H,13,14)/t11-/m0/s1. The van der Waals surface area contributed by atoms with E-state index in [9.17, 15) is 0 Å². The first kappa shape index (κ1) is 12.9. The maximum atomic E-state index is 4.45. The zero-order chi connectivity index (χ0) is 10.9. The quantitative estimate of drug-likeness (QED) is 0.706. The van der Waals surface area contributed by atoms with Gasteiger partial charge in [0.05, 0.1) is 0 Å². The molecule has 1 N–H and O–H groups in total. The number of nitrogens with one attached hydrogen (secondary N) is 1. The molecular weight excluding hydrogens is 204 g/mol. The Morgan fingerprint density at radius 1 is 1.47 bits per heavy atom. The van der Waals surface area contributed by atoms with Crippen LogP contribution in [0, 0.1) is 5.92 Å². The third-order valence-corrected chi connectivity index (χ3v) is 3.93. The van der Waals surface area contributed by atoms with Gasteiger partial charge in [0.15, 0.2) is 5.17 Å². The van der Waals surface area contributed by atoms with Gasteiger partial charge in [-0.2, -0.15) is 0 Å². The summed E-state index contributed by atoms with van der Waals surface area (Å²) in [6, 6.07) is 0. The van der Waals surface area contributed by atoms with E-state index in [1.807, 2.05) is 11.8 Å². The fraction of sp³-hybridized carbons (Fsp3) is 0.917.